The second-order valence-corrected chi connectivity index (χ2v) is 4.78. The summed E-state index contributed by atoms with van der Waals surface area (Å²) >= 11 is 0. The molecule has 1 saturated heterocycles. The van der Waals surface area contributed by atoms with Crippen molar-refractivity contribution in [3.8, 4) is 0 Å². The molecule has 82 valence electrons. The molecular formula is C11H17N3O. The molecule has 0 spiro atoms. The van der Waals surface area contributed by atoms with Gasteiger partial charge >= 0.3 is 0 Å². The van der Waals surface area contributed by atoms with E-state index in [0.29, 0.717) is 6.10 Å². The van der Waals surface area contributed by atoms with Crippen LogP contribution in [0.5, 0.6) is 0 Å². The zero-order valence-electron chi connectivity index (χ0n) is 8.80. The van der Waals surface area contributed by atoms with E-state index in [1.165, 1.54) is 19.3 Å². The predicted molar refractivity (Wildman–Crippen MR) is 57.2 cm³/mol. The third kappa shape index (κ3) is 1.74. The first-order valence-electron chi connectivity index (χ1n) is 5.71. The van der Waals surface area contributed by atoms with Crippen LogP contribution in [0, 0.1) is 11.8 Å². The van der Waals surface area contributed by atoms with Crippen molar-refractivity contribution in [2.45, 2.75) is 31.9 Å². The smallest absolute Gasteiger partial charge is 0.0719 e. The van der Waals surface area contributed by atoms with Gasteiger partial charge in [-0.25, -0.2) is 0 Å². The van der Waals surface area contributed by atoms with Gasteiger partial charge < -0.3 is 10.5 Å². The Hall–Kier alpha value is -1.03. The van der Waals surface area contributed by atoms with Crippen molar-refractivity contribution in [3.05, 3.63) is 12.4 Å². The summed E-state index contributed by atoms with van der Waals surface area (Å²) in [5.74, 6) is 1.47. The standard InChI is InChI=1S/C11H17N3O/c12-10-4-13-14(6-10)5-8-1-2-11-3-9(8)7-15-11/h4,6,8-9,11H,1-3,5,7,12H2. The maximum absolute atomic E-state index is 5.70. The van der Waals surface area contributed by atoms with Gasteiger partial charge in [0.1, 0.15) is 0 Å². The summed E-state index contributed by atoms with van der Waals surface area (Å²) in [7, 11) is 0. The molecule has 15 heavy (non-hydrogen) atoms. The van der Waals surface area contributed by atoms with Gasteiger partial charge in [0.15, 0.2) is 0 Å². The van der Waals surface area contributed by atoms with Crippen molar-refractivity contribution in [2.75, 3.05) is 12.3 Å². The maximum Gasteiger partial charge on any atom is 0.0719 e. The molecule has 3 rings (SSSR count). The Morgan fingerprint density at radius 2 is 2.47 bits per heavy atom. The van der Waals surface area contributed by atoms with Crippen LogP contribution in [0.25, 0.3) is 0 Å². The lowest BCUT2D eigenvalue weighted by molar-refractivity contribution is 0.107. The number of ether oxygens (including phenoxy) is 1. The number of hydrogen-bond donors (Lipinski definition) is 1. The predicted octanol–water partition coefficient (Wildman–Crippen LogP) is 1.28. The number of fused-ring (bicyclic) bond motifs is 2. The molecule has 3 atom stereocenters. The fourth-order valence-corrected chi connectivity index (χ4v) is 2.86. The van der Waals surface area contributed by atoms with Gasteiger partial charge in [0.2, 0.25) is 0 Å². The Morgan fingerprint density at radius 3 is 3.27 bits per heavy atom. The molecule has 3 unspecified atom stereocenters. The highest BCUT2D eigenvalue weighted by molar-refractivity contribution is 5.30. The summed E-state index contributed by atoms with van der Waals surface area (Å²) in [5, 5.41) is 4.24. The van der Waals surface area contributed by atoms with Gasteiger partial charge in [0.25, 0.3) is 0 Å². The van der Waals surface area contributed by atoms with Gasteiger partial charge in [-0.1, -0.05) is 0 Å². The van der Waals surface area contributed by atoms with E-state index in [1.807, 2.05) is 10.9 Å². The topological polar surface area (TPSA) is 53.1 Å². The van der Waals surface area contributed by atoms with E-state index >= 15 is 0 Å². The van der Waals surface area contributed by atoms with E-state index < -0.39 is 0 Å². The summed E-state index contributed by atoms with van der Waals surface area (Å²) in [5.41, 5.74) is 6.41. The van der Waals surface area contributed by atoms with Crippen LogP contribution in [-0.2, 0) is 11.3 Å². The SMILES string of the molecule is Nc1cnn(CC2CCC3CC2CO3)c1. The average molecular weight is 207 g/mol. The Kier molecular flexibility index (Phi) is 2.16. The molecule has 1 aromatic heterocycles. The fraction of sp³-hybridized carbons (Fsp3) is 0.727. The van der Waals surface area contributed by atoms with Crippen LogP contribution < -0.4 is 5.73 Å². The molecule has 2 bridgehead atoms. The molecular weight excluding hydrogens is 190 g/mol. The van der Waals surface area contributed by atoms with Crippen LogP contribution in [0.15, 0.2) is 12.4 Å². The number of anilines is 1. The molecule has 0 radical (unpaired) electrons. The highest BCUT2D eigenvalue weighted by Crippen LogP contribution is 2.38. The third-order valence-electron chi connectivity index (χ3n) is 3.71. The molecule has 4 heteroatoms. The lowest BCUT2D eigenvalue weighted by Crippen LogP contribution is -2.25. The van der Waals surface area contributed by atoms with Crippen LogP contribution in [0.1, 0.15) is 19.3 Å². The number of rotatable bonds is 2. The third-order valence-corrected chi connectivity index (χ3v) is 3.71. The number of nitrogen functional groups attached to an aromatic ring is 1. The van der Waals surface area contributed by atoms with Crippen molar-refractivity contribution in [3.63, 3.8) is 0 Å². The van der Waals surface area contributed by atoms with Crippen molar-refractivity contribution < 1.29 is 4.74 Å². The van der Waals surface area contributed by atoms with Crippen LogP contribution in [0.4, 0.5) is 5.69 Å². The normalized spacial score (nSPS) is 34.5. The first-order valence-corrected chi connectivity index (χ1v) is 5.71. The molecule has 1 aliphatic carbocycles. The van der Waals surface area contributed by atoms with E-state index in [-0.39, 0.29) is 0 Å². The minimum absolute atomic E-state index is 0.550. The van der Waals surface area contributed by atoms with E-state index in [2.05, 4.69) is 5.10 Å². The van der Waals surface area contributed by atoms with Crippen molar-refractivity contribution in [1.82, 2.24) is 9.78 Å². The van der Waals surface area contributed by atoms with Gasteiger partial charge in [0, 0.05) is 12.7 Å². The molecule has 1 aromatic rings. The van der Waals surface area contributed by atoms with E-state index in [9.17, 15) is 0 Å². The van der Waals surface area contributed by atoms with Crippen LogP contribution >= 0.6 is 0 Å². The summed E-state index contributed by atoms with van der Waals surface area (Å²) in [6.45, 7) is 1.95. The number of hydrogen-bond acceptors (Lipinski definition) is 3. The van der Waals surface area contributed by atoms with Gasteiger partial charge in [-0.15, -0.1) is 0 Å². The largest absolute Gasteiger partial charge is 0.396 e. The molecule has 1 saturated carbocycles. The lowest BCUT2D eigenvalue weighted by Gasteiger charge is -2.26. The van der Waals surface area contributed by atoms with E-state index in [4.69, 9.17) is 10.5 Å². The zero-order chi connectivity index (χ0) is 10.3. The molecule has 2 aliphatic rings. The van der Waals surface area contributed by atoms with Crippen LogP contribution in [-0.4, -0.2) is 22.5 Å². The molecule has 1 aliphatic heterocycles. The Morgan fingerprint density at radius 1 is 1.53 bits per heavy atom. The number of aromatic nitrogens is 2. The summed E-state index contributed by atoms with van der Waals surface area (Å²) < 4.78 is 7.67. The summed E-state index contributed by atoms with van der Waals surface area (Å²) in [6, 6.07) is 0. The van der Waals surface area contributed by atoms with Crippen LogP contribution in [0.3, 0.4) is 0 Å². The fourth-order valence-electron chi connectivity index (χ4n) is 2.86. The van der Waals surface area contributed by atoms with Gasteiger partial charge in [0.05, 0.1) is 24.6 Å². The zero-order valence-corrected chi connectivity index (χ0v) is 8.80. The second-order valence-electron chi connectivity index (χ2n) is 4.78. The molecule has 2 N–H and O–H groups in total. The number of nitrogens with zero attached hydrogens (tertiary/aromatic N) is 2. The second kappa shape index (κ2) is 3.52. The lowest BCUT2D eigenvalue weighted by atomic mass is 9.80. The van der Waals surface area contributed by atoms with Gasteiger partial charge in [-0.2, -0.15) is 5.10 Å². The molecule has 0 aromatic carbocycles. The van der Waals surface area contributed by atoms with Crippen molar-refractivity contribution >= 4 is 5.69 Å². The van der Waals surface area contributed by atoms with Gasteiger partial charge in [-0.3, -0.25) is 4.68 Å². The molecule has 2 fully saturated rings. The highest BCUT2D eigenvalue weighted by atomic mass is 16.5. The first kappa shape index (κ1) is 9.21. The van der Waals surface area contributed by atoms with Crippen molar-refractivity contribution in [1.29, 1.82) is 0 Å². The highest BCUT2D eigenvalue weighted by Gasteiger charge is 2.36. The van der Waals surface area contributed by atoms with E-state index in [1.54, 1.807) is 6.20 Å². The molecule has 0 amide bonds. The first-order chi connectivity index (χ1) is 7.31. The Bertz CT molecular complexity index is 349. The summed E-state index contributed by atoms with van der Waals surface area (Å²) in [6.07, 6.45) is 7.93. The Balaban J connectivity index is 1.67. The summed E-state index contributed by atoms with van der Waals surface area (Å²) in [4.78, 5) is 0. The van der Waals surface area contributed by atoms with E-state index in [0.717, 1.165) is 30.7 Å². The minimum atomic E-state index is 0.550. The number of nitrogens with two attached hydrogens (primary N) is 1. The monoisotopic (exact) mass is 207 g/mol. The minimum Gasteiger partial charge on any atom is -0.396 e. The average Bonchev–Trinajstić information content (AvgIpc) is 2.79. The Labute approximate surface area is 89.4 Å². The quantitative estimate of drug-likeness (QED) is 0.794. The maximum atomic E-state index is 5.70. The van der Waals surface area contributed by atoms with Gasteiger partial charge in [-0.05, 0) is 31.1 Å². The van der Waals surface area contributed by atoms with Crippen molar-refractivity contribution in [2.24, 2.45) is 11.8 Å². The molecule has 2 heterocycles. The molecule has 4 nitrogen and oxygen atoms in total. The van der Waals surface area contributed by atoms with Crippen LogP contribution in [0.2, 0.25) is 0 Å².